The van der Waals surface area contributed by atoms with Gasteiger partial charge in [0.15, 0.2) is 0 Å². The van der Waals surface area contributed by atoms with Crippen LogP contribution in [0, 0.1) is 0 Å². The average Bonchev–Trinajstić information content (AvgIpc) is 2.73. The Morgan fingerprint density at radius 3 is 2.52 bits per heavy atom. The molecule has 0 aliphatic rings. The van der Waals surface area contributed by atoms with Gasteiger partial charge >= 0.3 is 12.1 Å². The standard InChI is InChI=1S/C13H22N4O4/c1-8(2)17-10(14-7-15-17)6-9(11(18)19)16-12(20)21-13(3,4)5/h7-9H,6H2,1-5H3,(H,16,20)(H,18,19). The van der Waals surface area contributed by atoms with E-state index in [2.05, 4.69) is 15.4 Å². The maximum atomic E-state index is 11.7. The second kappa shape index (κ2) is 6.55. The van der Waals surface area contributed by atoms with Crippen molar-refractivity contribution in [3.8, 4) is 0 Å². The van der Waals surface area contributed by atoms with E-state index in [1.165, 1.54) is 6.33 Å². The Morgan fingerprint density at radius 1 is 1.43 bits per heavy atom. The molecule has 118 valence electrons. The SMILES string of the molecule is CC(C)n1ncnc1CC(NC(=O)OC(C)(C)C)C(=O)O. The van der Waals surface area contributed by atoms with Crippen molar-refractivity contribution in [1.29, 1.82) is 0 Å². The topological polar surface area (TPSA) is 106 Å². The monoisotopic (exact) mass is 298 g/mol. The molecule has 1 aromatic rings. The van der Waals surface area contributed by atoms with Gasteiger partial charge in [0, 0.05) is 12.5 Å². The molecule has 0 bridgehead atoms. The minimum atomic E-state index is -1.15. The fourth-order valence-corrected chi connectivity index (χ4v) is 1.68. The summed E-state index contributed by atoms with van der Waals surface area (Å²) in [5.41, 5.74) is -0.689. The molecule has 2 N–H and O–H groups in total. The molecule has 0 aliphatic heterocycles. The zero-order chi connectivity index (χ0) is 16.2. The predicted octanol–water partition coefficient (Wildman–Crippen LogP) is 1.38. The molecule has 0 aromatic carbocycles. The van der Waals surface area contributed by atoms with E-state index in [-0.39, 0.29) is 12.5 Å². The molecule has 0 saturated heterocycles. The molecule has 1 heterocycles. The molecule has 1 aromatic heterocycles. The Hall–Kier alpha value is -2.12. The zero-order valence-electron chi connectivity index (χ0n) is 13.0. The Morgan fingerprint density at radius 2 is 2.05 bits per heavy atom. The summed E-state index contributed by atoms with van der Waals surface area (Å²) in [5, 5.41) is 15.6. The summed E-state index contributed by atoms with van der Waals surface area (Å²) in [4.78, 5) is 27.0. The van der Waals surface area contributed by atoms with Gasteiger partial charge in [-0.3, -0.25) is 0 Å². The lowest BCUT2D eigenvalue weighted by atomic mass is 10.2. The van der Waals surface area contributed by atoms with Gasteiger partial charge in [0.25, 0.3) is 0 Å². The van der Waals surface area contributed by atoms with Crippen molar-refractivity contribution in [2.45, 2.75) is 58.7 Å². The van der Waals surface area contributed by atoms with Gasteiger partial charge in [-0.1, -0.05) is 0 Å². The lowest BCUT2D eigenvalue weighted by Gasteiger charge is -2.22. The van der Waals surface area contributed by atoms with Crippen LogP contribution < -0.4 is 5.32 Å². The van der Waals surface area contributed by atoms with E-state index >= 15 is 0 Å². The molecule has 0 spiro atoms. The molecular weight excluding hydrogens is 276 g/mol. The number of carboxylic acids is 1. The molecule has 8 nitrogen and oxygen atoms in total. The van der Waals surface area contributed by atoms with Crippen LogP contribution in [0.5, 0.6) is 0 Å². The Kier molecular flexibility index (Phi) is 5.28. The Balaban J connectivity index is 2.77. The second-order valence-electron chi connectivity index (χ2n) is 5.96. The molecule has 0 fully saturated rings. The van der Waals surface area contributed by atoms with Crippen molar-refractivity contribution in [3.05, 3.63) is 12.2 Å². The summed E-state index contributed by atoms with van der Waals surface area (Å²) >= 11 is 0. The molecule has 0 radical (unpaired) electrons. The van der Waals surface area contributed by atoms with Crippen molar-refractivity contribution in [2.75, 3.05) is 0 Å². The first-order valence-electron chi connectivity index (χ1n) is 6.71. The third kappa shape index (κ3) is 5.41. The van der Waals surface area contributed by atoms with Gasteiger partial charge in [0.2, 0.25) is 0 Å². The number of nitrogens with zero attached hydrogens (tertiary/aromatic N) is 3. The molecule has 0 saturated carbocycles. The summed E-state index contributed by atoms with van der Waals surface area (Å²) in [6, 6.07) is -1.07. The Labute approximate surface area is 123 Å². The number of carbonyl (C=O) groups is 2. The Bertz CT molecular complexity index is 505. The largest absolute Gasteiger partial charge is 0.480 e. The molecular formula is C13H22N4O4. The van der Waals surface area contributed by atoms with Gasteiger partial charge in [-0.2, -0.15) is 5.10 Å². The highest BCUT2D eigenvalue weighted by atomic mass is 16.6. The van der Waals surface area contributed by atoms with Crippen LogP contribution in [0.15, 0.2) is 6.33 Å². The van der Waals surface area contributed by atoms with E-state index in [1.807, 2.05) is 13.8 Å². The summed E-state index contributed by atoms with van der Waals surface area (Å²) in [7, 11) is 0. The van der Waals surface area contributed by atoms with Crippen LogP contribution in [0.1, 0.15) is 46.5 Å². The highest BCUT2D eigenvalue weighted by molar-refractivity contribution is 5.80. The highest BCUT2D eigenvalue weighted by Gasteiger charge is 2.26. The van der Waals surface area contributed by atoms with Crippen molar-refractivity contribution < 1.29 is 19.4 Å². The summed E-state index contributed by atoms with van der Waals surface area (Å²) in [5.74, 6) is -0.660. The van der Waals surface area contributed by atoms with Crippen molar-refractivity contribution in [1.82, 2.24) is 20.1 Å². The number of aromatic nitrogens is 3. The van der Waals surface area contributed by atoms with Gasteiger partial charge in [-0.25, -0.2) is 19.3 Å². The third-order valence-electron chi connectivity index (χ3n) is 2.51. The van der Waals surface area contributed by atoms with E-state index in [0.717, 1.165) is 0 Å². The van der Waals surface area contributed by atoms with Crippen LogP contribution in [0.3, 0.4) is 0 Å². The van der Waals surface area contributed by atoms with Gasteiger partial charge in [0.1, 0.15) is 23.8 Å². The quantitative estimate of drug-likeness (QED) is 0.850. The van der Waals surface area contributed by atoms with Crippen LogP contribution in [-0.2, 0) is 16.0 Å². The minimum Gasteiger partial charge on any atom is -0.480 e. The number of carbonyl (C=O) groups excluding carboxylic acids is 1. The first-order valence-corrected chi connectivity index (χ1v) is 6.71. The van der Waals surface area contributed by atoms with Gasteiger partial charge in [0.05, 0.1) is 0 Å². The maximum absolute atomic E-state index is 11.7. The van der Waals surface area contributed by atoms with Crippen molar-refractivity contribution >= 4 is 12.1 Å². The average molecular weight is 298 g/mol. The molecule has 0 aliphatic carbocycles. The molecule has 8 heteroatoms. The first-order chi connectivity index (χ1) is 9.60. The fourth-order valence-electron chi connectivity index (χ4n) is 1.68. The number of ether oxygens (including phenoxy) is 1. The molecule has 1 atom stereocenters. The van der Waals surface area contributed by atoms with E-state index in [4.69, 9.17) is 4.74 Å². The maximum Gasteiger partial charge on any atom is 0.408 e. The first kappa shape index (κ1) is 16.9. The van der Waals surface area contributed by atoms with E-state index in [9.17, 15) is 14.7 Å². The number of carboxylic acid groups (broad SMARTS) is 1. The van der Waals surface area contributed by atoms with Gasteiger partial charge < -0.3 is 15.2 Å². The number of alkyl carbamates (subject to hydrolysis) is 1. The van der Waals surface area contributed by atoms with Gasteiger partial charge in [-0.05, 0) is 34.6 Å². The van der Waals surface area contributed by atoms with E-state index in [0.29, 0.717) is 5.82 Å². The lowest BCUT2D eigenvalue weighted by molar-refractivity contribution is -0.139. The fraction of sp³-hybridized carbons (Fsp3) is 0.692. The van der Waals surface area contributed by atoms with E-state index in [1.54, 1.807) is 25.5 Å². The highest BCUT2D eigenvalue weighted by Crippen LogP contribution is 2.10. The van der Waals surface area contributed by atoms with Crippen molar-refractivity contribution in [2.24, 2.45) is 0 Å². The lowest BCUT2D eigenvalue weighted by Crippen LogP contribution is -2.45. The van der Waals surface area contributed by atoms with Crippen LogP contribution in [0.25, 0.3) is 0 Å². The number of aliphatic carboxylic acids is 1. The van der Waals surface area contributed by atoms with Crippen LogP contribution in [0.4, 0.5) is 4.79 Å². The number of rotatable bonds is 5. The minimum absolute atomic E-state index is 0.0345. The molecule has 21 heavy (non-hydrogen) atoms. The number of hydrogen-bond acceptors (Lipinski definition) is 5. The summed E-state index contributed by atoms with van der Waals surface area (Å²) in [6.45, 7) is 8.94. The number of hydrogen-bond donors (Lipinski definition) is 2. The zero-order valence-corrected chi connectivity index (χ0v) is 13.0. The molecule has 1 rings (SSSR count). The van der Waals surface area contributed by atoms with Crippen molar-refractivity contribution in [3.63, 3.8) is 0 Å². The van der Waals surface area contributed by atoms with Crippen LogP contribution in [-0.4, -0.2) is 43.6 Å². The summed E-state index contributed by atoms with van der Waals surface area (Å²) < 4.78 is 6.68. The molecule has 1 unspecified atom stereocenters. The predicted molar refractivity (Wildman–Crippen MR) is 74.9 cm³/mol. The number of nitrogens with one attached hydrogen (secondary N) is 1. The number of amides is 1. The van der Waals surface area contributed by atoms with Crippen LogP contribution in [0.2, 0.25) is 0 Å². The summed E-state index contributed by atoms with van der Waals surface area (Å²) in [6.07, 6.45) is 0.625. The second-order valence-corrected chi connectivity index (χ2v) is 5.96. The molecule has 1 amide bonds. The third-order valence-corrected chi connectivity index (χ3v) is 2.51. The normalized spacial score (nSPS) is 13.0. The smallest absolute Gasteiger partial charge is 0.408 e. The van der Waals surface area contributed by atoms with Crippen LogP contribution >= 0.6 is 0 Å². The van der Waals surface area contributed by atoms with Gasteiger partial charge in [-0.15, -0.1) is 0 Å². The van der Waals surface area contributed by atoms with E-state index < -0.39 is 23.7 Å².